The molecule has 0 spiro atoms. The molecule has 5 heteroatoms. The second-order valence-electron chi connectivity index (χ2n) is 6.60. The first-order chi connectivity index (χ1) is 13.1. The van der Waals surface area contributed by atoms with Crippen LogP contribution in [0.2, 0.25) is 0 Å². The molecular formula is C22H24N2O2S. The predicted molar refractivity (Wildman–Crippen MR) is 110 cm³/mol. The van der Waals surface area contributed by atoms with Crippen LogP contribution < -0.4 is 5.32 Å². The number of benzene rings is 2. The minimum Gasteiger partial charge on any atom is -0.444 e. The highest BCUT2D eigenvalue weighted by molar-refractivity contribution is 7.99. The van der Waals surface area contributed by atoms with Crippen LogP contribution in [-0.2, 0) is 16.1 Å². The van der Waals surface area contributed by atoms with Crippen LogP contribution in [0.15, 0.2) is 71.3 Å². The lowest BCUT2D eigenvalue weighted by Crippen LogP contribution is -2.43. The lowest BCUT2D eigenvalue weighted by molar-refractivity contribution is -0.120. The van der Waals surface area contributed by atoms with E-state index in [1.807, 2.05) is 48.5 Å². The molecule has 0 bridgehead atoms. The number of oxazole rings is 1. The van der Waals surface area contributed by atoms with Crippen LogP contribution in [0.4, 0.5) is 0 Å². The van der Waals surface area contributed by atoms with Crippen LogP contribution in [0.1, 0.15) is 31.5 Å². The Balaban J connectivity index is 1.52. The summed E-state index contributed by atoms with van der Waals surface area (Å²) in [5.74, 6) is 1.66. The molecule has 1 heterocycles. The van der Waals surface area contributed by atoms with Gasteiger partial charge in [-0.3, -0.25) is 4.79 Å². The average molecular weight is 381 g/mol. The van der Waals surface area contributed by atoms with Crippen LogP contribution in [0.25, 0.3) is 11.5 Å². The molecule has 1 amide bonds. The average Bonchev–Trinajstić information content (AvgIpc) is 3.18. The van der Waals surface area contributed by atoms with E-state index in [0.717, 1.165) is 23.2 Å². The van der Waals surface area contributed by atoms with Gasteiger partial charge in [0, 0.05) is 11.3 Å². The number of nitrogens with zero attached hydrogens (tertiary/aromatic N) is 1. The molecule has 0 radical (unpaired) electrons. The molecule has 27 heavy (non-hydrogen) atoms. The van der Waals surface area contributed by atoms with Crippen LogP contribution in [0, 0.1) is 0 Å². The zero-order valence-electron chi connectivity index (χ0n) is 15.6. The highest BCUT2D eigenvalue weighted by Gasteiger charge is 2.26. The summed E-state index contributed by atoms with van der Waals surface area (Å²) in [5, 5.41) is 3.17. The number of amides is 1. The zero-order chi connectivity index (χ0) is 19.1. The molecule has 4 nitrogen and oxygen atoms in total. The Labute approximate surface area is 164 Å². The minimum atomic E-state index is -0.354. The fraction of sp³-hybridized carbons (Fsp3) is 0.273. The molecule has 3 rings (SSSR count). The SMILES string of the molecule is CCC(C)(NC(=O)CSCc1coc(-c2ccccc2)n1)c1ccccc1. The van der Waals surface area contributed by atoms with Crippen molar-refractivity contribution in [1.29, 1.82) is 0 Å². The van der Waals surface area contributed by atoms with Crippen LogP contribution in [0.3, 0.4) is 0 Å². The van der Waals surface area contributed by atoms with Gasteiger partial charge in [-0.05, 0) is 31.0 Å². The Kier molecular flexibility index (Phi) is 6.35. The molecule has 1 N–H and O–H groups in total. The van der Waals surface area contributed by atoms with Crippen molar-refractivity contribution in [2.45, 2.75) is 31.6 Å². The molecule has 1 atom stereocenters. The summed E-state index contributed by atoms with van der Waals surface area (Å²) >= 11 is 1.53. The van der Waals surface area contributed by atoms with Gasteiger partial charge in [-0.2, -0.15) is 0 Å². The van der Waals surface area contributed by atoms with Gasteiger partial charge in [-0.15, -0.1) is 11.8 Å². The number of nitrogens with one attached hydrogen (secondary N) is 1. The maximum absolute atomic E-state index is 12.4. The first kappa shape index (κ1) is 19.2. The first-order valence-electron chi connectivity index (χ1n) is 9.05. The Morgan fingerprint density at radius 3 is 2.44 bits per heavy atom. The highest BCUT2D eigenvalue weighted by Crippen LogP contribution is 2.25. The highest BCUT2D eigenvalue weighted by atomic mass is 32.2. The second kappa shape index (κ2) is 8.91. The minimum absolute atomic E-state index is 0.0278. The van der Waals surface area contributed by atoms with E-state index in [0.29, 0.717) is 17.4 Å². The third kappa shape index (κ3) is 5.01. The van der Waals surface area contributed by atoms with Gasteiger partial charge in [-0.25, -0.2) is 4.98 Å². The number of hydrogen-bond donors (Lipinski definition) is 1. The largest absolute Gasteiger partial charge is 0.444 e. The van der Waals surface area contributed by atoms with Crippen molar-refractivity contribution in [1.82, 2.24) is 10.3 Å². The van der Waals surface area contributed by atoms with Gasteiger partial charge in [0.05, 0.1) is 17.0 Å². The Morgan fingerprint density at radius 1 is 1.11 bits per heavy atom. The summed E-state index contributed by atoms with van der Waals surface area (Å²) < 4.78 is 5.54. The lowest BCUT2D eigenvalue weighted by atomic mass is 9.89. The third-order valence-corrected chi connectivity index (χ3v) is 5.56. The van der Waals surface area contributed by atoms with Crippen LogP contribution in [-0.4, -0.2) is 16.6 Å². The number of thioether (sulfide) groups is 1. The van der Waals surface area contributed by atoms with E-state index in [2.05, 4.69) is 36.3 Å². The topological polar surface area (TPSA) is 55.1 Å². The van der Waals surface area contributed by atoms with Gasteiger partial charge in [0.25, 0.3) is 0 Å². The third-order valence-electron chi connectivity index (χ3n) is 4.59. The molecule has 0 aliphatic carbocycles. The predicted octanol–water partition coefficient (Wildman–Crippen LogP) is 5.02. The number of aromatic nitrogens is 1. The molecule has 0 aliphatic heterocycles. The van der Waals surface area contributed by atoms with Crippen molar-refractivity contribution < 1.29 is 9.21 Å². The quantitative estimate of drug-likeness (QED) is 0.596. The Morgan fingerprint density at radius 2 is 1.78 bits per heavy atom. The van der Waals surface area contributed by atoms with Crippen molar-refractivity contribution in [3.05, 3.63) is 78.2 Å². The monoisotopic (exact) mass is 380 g/mol. The normalized spacial score (nSPS) is 13.1. The smallest absolute Gasteiger partial charge is 0.230 e. The van der Waals surface area contributed by atoms with Gasteiger partial charge in [0.15, 0.2) is 0 Å². The van der Waals surface area contributed by atoms with Gasteiger partial charge in [0.2, 0.25) is 11.8 Å². The van der Waals surface area contributed by atoms with Gasteiger partial charge >= 0.3 is 0 Å². The number of carbonyl (C=O) groups excluding carboxylic acids is 1. The van der Waals surface area contributed by atoms with E-state index in [1.165, 1.54) is 11.8 Å². The maximum atomic E-state index is 12.4. The number of hydrogen-bond acceptors (Lipinski definition) is 4. The summed E-state index contributed by atoms with van der Waals surface area (Å²) in [6.07, 6.45) is 2.49. The van der Waals surface area contributed by atoms with E-state index >= 15 is 0 Å². The summed E-state index contributed by atoms with van der Waals surface area (Å²) in [4.78, 5) is 16.9. The van der Waals surface area contributed by atoms with E-state index in [1.54, 1.807) is 6.26 Å². The van der Waals surface area contributed by atoms with Gasteiger partial charge in [0.1, 0.15) is 6.26 Å². The Bertz CT molecular complexity index is 864. The summed E-state index contributed by atoms with van der Waals surface area (Å²) in [6.45, 7) is 4.15. The fourth-order valence-corrected chi connectivity index (χ4v) is 3.55. The lowest BCUT2D eigenvalue weighted by Gasteiger charge is -2.30. The number of carbonyl (C=O) groups is 1. The van der Waals surface area contributed by atoms with Crippen molar-refractivity contribution in [2.75, 3.05) is 5.75 Å². The van der Waals surface area contributed by atoms with Gasteiger partial charge in [-0.1, -0.05) is 55.5 Å². The molecule has 3 aromatic rings. The molecule has 0 aliphatic rings. The van der Waals surface area contributed by atoms with Crippen molar-refractivity contribution in [2.24, 2.45) is 0 Å². The van der Waals surface area contributed by atoms with Crippen LogP contribution >= 0.6 is 11.8 Å². The molecule has 0 fully saturated rings. The standard InChI is InChI=1S/C22H24N2O2S/c1-3-22(2,18-12-8-5-9-13-18)24-20(25)16-27-15-19-14-26-21(23-19)17-10-6-4-7-11-17/h4-14H,3,15-16H2,1-2H3,(H,24,25). The van der Waals surface area contributed by atoms with E-state index in [4.69, 9.17) is 4.42 Å². The van der Waals surface area contributed by atoms with Gasteiger partial charge < -0.3 is 9.73 Å². The van der Waals surface area contributed by atoms with E-state index < -0.39 is 0 Å². The maximum Gasteiger partial charge on any atom is 0.230 e. The fourth-order valence-electron chi connectivity index (χ4n) is 2.85. The molecule has 0 saturated carbocycles. The van der Waals surface area contributed by atoms with Crippen molar-refractivity contribution in [3.8, 4) is 11.5 Å². The van der Waals surface area contributed by atoms with Crippen molar-refractivity contribution >= 4 is 17.7 Å². The molecule has 0 saturated heterocycles. The van der Waals surface area contributed by atoms with Crippen molar-refractivity contribution in [3.63, 3.8) is 0 Å². The van der Waals surface area contributed by atoms with E-state index in [9.17, 15) is 4.79 Å². The molecular weight excluding hydrogens is 356 g/mol. The number of rotatable bonds is 8. The summed E-state index contributed by atoms with van der Waals surface area (Å²) in [5.41, 5.74) is 2.56. The zero-order valence-corrected chi connectivity index (χ0v) is 16.5. The summed E-state index contributed by atoms with van der Waals surface area (Å²) in [7, 11) is 0. The molecule has 140 valence electrons. The molecule has 1 unspecified atom stereocenters. The molecule has 2 aromatic carbocycles. The van der Waals surface area contributed by atoms with E-state index in [-0.39, 0.29) is 11.4 Å². The molecule has 1 aromatic heterocycles. The van der Waals surface area contributed by atoms with Crippen LogP contribution in [0.5, 0.6) is 0 Å². The first-order valence-corrected chi connectivity index (χ1v) is 10.2. The second-order valence-corrected chi connectivity index (χ2v) is 7.59. The summed E-state index contributed by atoms with van der Waals surface area (Å²) in [6, 6.07) is 19.9. The Hall–Kier alpha value is -2.53.